The van der Waals surface area contributed by atoms with Crippen molar-refractivity contribution >= 4 is 34.7 Å². The van der Waals surface area contributed by atoms with Crippen LogP contribution in [-0.2, 0) is 12.2 Å². The summed E-state index contributed by atoms with van der Waals surface area (Å²) in [6, 6.07) is 7.92. The SMILES string of the molecule is CCc1cnc(CSc2ccccc2Cl)s1. The predicted molar refractivity (Wildman–Crippen MR) is 72.5 cm³/mol. The predicted octanol–water partition coefficient (Wildman–Crippen LogP) is 4.65. The summed E-state index contributed by atoms with van der Waals surface area (Å²) in [5.41, 5.74) is 0. The molecule has 0 saturated carbocycles. The van der Waals surface area contributed by atoms with E-state index in [1.807, 2.05) is 30.5 Å². The van der Waals surface area contributed by atoms with Crippen LogP contribution in [0.25, 0.3) is 0 Å². The zero-order chi connectivity index (χ0) is 11.4. The van der Waals surface area contributed by atoms with Gasteiger partial charge in [0.2, 0.25) is 0 Å². The molecule has 0 saturated heterocycles. The molecule has 16 heavy (non-hydrogen) atoms. The zero-order valence-corrected chi connectivity index (χ0v) is 11.3. The second-order valence-corrected chi connectivity index (χ2v) is 5.92. The van der Waals surface area contributed by atoms with Crippen LogP contribution < -0.4 is 0 Å². The number of rotatable bonds is 4. The highest BCUT2D eigenvalue weighted by Gasteiger charge is 2.03. The highest BCUT2D eigenvalue weighted by atomic mass is 35.5. The van der Waals surface area contributed by atoms with Crippen molar-refractivity contribution in [2.24, 2.45) is 0 Å². The van der Waals surface area contributed by atoms with Gasteiger partial charge in [0.05, 0.1) is 10.8 Å². The van der Waals surface area contributed by atoms with E-state index in [-0.39, 0.29) is 0 Å². The number of thiazole rings is 1. The first-order valence-corrected chi connectivity index (χ1v) is 7.28. The molecule has 0 radical (unpaired) electrons. The summed E-state index contributed by atoms with van der Waals surface area (Å²) in [5.74, 6) is 0.897. The zero-order valence-electron chi connectivity index (χ0n) is 8.94. The van der Waals surface area contributed by atoms with Crippen molar-refractivity contribution in [3.63, 3.8) is 0 Å². The molecular weight excluding hydrogens is 258 g/mol. The molecule has 2 aromatic rings. The number of hydrogen-bond acceptors (Lipinski definition) is 3. The van der Waals surface area contributed by atoms with Crippen LogP contribution in [-0.4, -0.2) is 4.98 Å². The fourth-order valence-corrected chi connectivity index (χ4v) is 3.38. The molecular formula is C12H12ClNS2. The van der Waals surface area contributed by atoms with Gasteiger partial charge in [-0.05, 0) is 18.6 Å². The fourth-order valence-electron chi connectivity index (χ4n) is 1.28. The Kier molecular flexibility index (Phi) is 4.27. The smallest absolute Gasteiger partial charge is 0.103 e. The van der Waals surface area contributed by atoms with Gasteiger partial charge in [0.1, 0.15) is 5.01 Å². The Labute approximate surface area is 109 Å². The topological polar surface area (TPSA) is 12.9 Å². The van der Waals surface area contributed by atoms with Crippen molar-refractivity contribution in [1.82, 2.24) is 4.98 Å². The summed E-state index contributed by atoms with van der Waals surface area (Å²) >= 11 is 9.61. The first-order valence-electron chi connectivity index (χ1n) is 5.10. The first-order chi connectivity index (χ1) is 7.79. The largest absolute Gasteiger partial charge is 0.249 e. The monoisotopic (exact) mass is 269 g/mol. The molecule has 0 N–H and O–H groups in total. The van der Waals surface area contributed by atoms with Crippen LogP contribution in [0.15, 0.2) is 35.4 Å². The third-order valence-electron chi connectivity index (χ3n) is 2.14. The molecule has 0 atom stereocenters. The Balaban J connectivity index is 1.99. The third kappa shape index (κ3) is 3.00. The molecule has 1 nitrogen and oxygen atoms in total. The van der Waals surface area contributed by atoms with Gasteiger partial charge in [0, 0.05) is 16.0 Å². The Morgan fingerprint density at radius 2 is 2.19 bits per heavy atom. The molecule has 0 bridgehead atoms. The molecule has 0 unspecified atom stereocenters. The normalized spacial score (nSPS) is 10.6. The Bertz CT molecular complexity index is 468. The maximum absolute atomic E-state index is 6.09. The van der Waals surface area contributed by atoms with Crippen molar-refractivity contribution in [1.29, 1.82) is 0 Å². The van der Waals surface area contributed by atoms with Gasteiger partial charge in [-0.1, -0.05) is 30.7 Å². The van der Waals surface area contributed by atoms with Gasteiger partial charge in [-0.15, -0.1) is 23.1 Å². The molecule has 0 fully saturated rings. The first kappa shape index (κ1) is 12.0. The molecule has 84 valence electrons. The summed E-state index contributed by atoms with van der Waals surface area (Å²) in [5, 5.41) is 1.99. The lowest BCUT2D eigenvalue weighted by Gasteiger charge is -2.01. The lowest BCUT2D eigenvalue weighted by Crippen LogP contribution is -1.78. The van der Waals surface area contributed by atoms with Gasteiger partial charge in [-0.25, -0.2) is 4.98 Å². The van der Waals surface area contributed by atoms with E-state index >= 15 is 0 Å². The maximum atomic E-state index is 6.09. The van der Waals surface area contributed by atoms with E-state index in [4.69, 9.17) is 11.6 Å². The quantitative estimate of drug-likeness (QED) is 0.750. The average Bonchev–Trinajstić information content (AvgIpc) is 2.76. The highest BCUT2D eigenvalue weighted by molar-refractivity contribution is 7.98. The molecule has 0 aliphatic rings. The van der Waals surface area contributed by atoms with Gasteiger partial charge in [-0.2, -0.15) is 0 Å². The summed E-state index contributed by atoms with van der Waals surface area (Å²) in [6.07, 6.45) is 3.03. The van der Waals surface area contributed by atoms with E-state index in [2.05, 4.69) is 11.9 Å². The molecule has 2 rings (SSSR count). The summed E-state index contributed by atoms with van der Waals surface area (Å²) in [4.78, 5) is 6.85. The van der Waals surface area contributed by atoms with Crippen molar-refractivity contribution < 1.29 is 0 Å². The van der Waals surface area contributed by atoms with Crippen molar-refractivity contribution in [2.75, 3.05) is 0 Å². The van der Waals surface area contributed by atoms with Gasteiger partial charge >= 0.3 is 0 Å². The summed E-state index contributed by atoms with van der Waals surface area (Å²) in [7, 11) is 0. The number of nitrogens with zero attached hydrogens (tertiary/aromatic N) is 1. The van der Waals surface area contributed by atoms with Crippen LogP contribution in [0.1, 0.15) is 16.8 Å². The molecule has 0 amide bonds. The number of aromatic nitrogens is 1. The van der Waals surface area contributed by atoms with Crippen LogP contribution in [0, 0.1) is 0 Å². The van der Waals surface area contributed by atoms with Crippen molar-refractivity contribution in [3.8, 4) is 0 Å². The van der Waals surface area contributed by atoms with Gasteiger partial charge in [0.15, 0.2) is 0 Å². The molecule has 1 aromatic carbocycles. The van der Waals surface area contributed by atoms with Crippen LogP contribution in [0.4, 0.5) is 0 Å². The minimum Gasteiger partial charge on any atom is -0.249 e. The lowest BCUT2D eigenvalue weighted by atomic mass is 10.4. The van der Waals surface area contributed by atoms with E-state index in [0.717, 1.165) is 22.1 Å². The van der Waals surface area contributed by atoms with Crippen LogP contribution in [0.5, 0.6) is 0 Å². The minimum atomic E-state index is 0.819. The molecule has 4 heteroatoms. The minimum absolute atomic E-state index is 0.819. The fraction of sp³-hybridized carbons (Fsp3) is 0.250. The molecule has 1 aromatic heterocycles. The van der Waals surface area contributed by atoms with Gasteiger partial charge in [-0.3, -0.25) is 0 Å². The maximum Gasteiger partial charge on any atom is 0.103 e. The van der Waals surface area contributed by atoms with E-state index in [9.17, 15) is 0 Å². The standard InChI is InChI=1S/C12H12ClNS2/c1-2-9-7-14-12(16-9)8-15-11-6-4-3-5-10(11)13/h3-7H,2,8H2,1H3. The number of thioether (sulfide) groups is 1. The number of hydrogen-bond donors (Lipinski definition) is 0. The summed E-state index contributed by atoms with van der Waals surface area (Å²) < 4.78 is 0. The van der Waals surface area contributed by atoms with E-state index in [1.54, 1.807) is 23.1 Å². The van der Waals surface area contributed by atoms with Crippen molar-refractivity contribution in [2.45, 2.75) is 24.0 Å². The molecule has 1 heterocycles. The molecule has 0 aliphatic heterocycles. The Hall–Kier alpha value is -0.510. The van der Waals surface area contributed by atoms with Crippen LogP contribution in [0.2, 0.25) is 5.02 Å². The number of halogens is 1. The Morgan fingerprint density at radius 3 is 2.88 bits per heavy atom. The molecule has 0 spiro atoms. The van der Waals surface area contributed by atoms with Gasteiger partial charge in [0.25, 0.3) is 0 Å². The van der Waals surface area contributed by atoms with Crippen LogP contribution >= 0.6 is 34.7 Å². The van der Waals surface area contributed by atoms with Gasteiger partial charge < -0.3 is 0 Å². The lowest BCUT2D eigenvalue weighted by molar-refractivity contribution is 1.16. The molecule has 0 aliphatic carbocycles. The van der Waals surface area contributed by atoms with E-state index in [1.165, 1.54) is 9.88 Å². The average molecular weight is 270 g/mol. The Morgan fingerprint density at radius 1 is 1.38 bits per heavy atom. The number of benzene rings is 1. The number of aryl methyl sites for hydroxylation is 1. The summed E-state index contributed by atoms with van der Waals surface area (Å²) in [6.45, 7) is 2.15. The van der Waals surface area contributed by atoms with Crippen molar-refractivity contribution in [3.05, 3.63) is 45.4 Å². The second-order valence-electron chi connectivity index (χ2n) is 3.29. The highest BCUT2D eigenvalue weighted by Crippen LogP contribution is 2.30. The van der Waals surface area contributed by atoms with E-state index in [0.29, 0.717) is 0 Å². The third-order valence-corrected chi connectivity index (χ3v) is 4.99. The second kappa shape index (κ2) is 5.71. The van der Waals surface area contributed by atoms with Crippen LogP contribution in [0.3, 0.4) is 0 Å². The van der Waals surface area contributed by atoms with E-state index < -0.39 is 0 Å².